The van der Waals surface area contributed by atoms with Crippen LogP contribution >= 0.6 is 0 Å². The number of nitrogens with two attached hydrogens (primary N) is 1. The first-order valence-corrected chi connectivity index (χ1v) is 6.84. The molecule has 0 saturated carbocycles. The Morgan fingerprint density at radius 2 is 2.07 bits per heavy atom. The predicted molar refractivity (Wildman–Crippen MR) is 63.0 cm³/mol. The highest BCUT2D eigenvalue weighted by molar-refractivity contribution is 7.91. The van der Waals surface area contributed by atoms with Crippen molar-refractivity contribution in [1.82, 2.24) is 4.90 Å². The van der Waals surface area contributed by atoms with Crippen LogP contribution in [0.3, 0.4) is 0 Å². The van der Waals surface area contributed by atoms with Gasteiger partial charge in [0.25, 0.3) is 0 Å². The van der Waals surface area contributed by atoms with Crippen LogP contribution in [-0.4, -0.2) is 50.3 Å². The second-order valence-electron chi connectivity index (χ2n) is 3.80. The van der Waals surface area contributed by atoms with Gasteiger partial charge >= 0.3 is 0 Å². The minimum atomic E-state index is -2.90. The van der Waals surface area contributed by atoms with Crippen LogP contribution < -0.4 is 5.73 Å². The normalized spacial score (nSPS) is 14.1. The van der Waals surface area contributed by atoms with Crippen LogP contribution in [0.5, 0.6) is 0 Å². The van der Waals surface area contributed by atoms with E-state index in [9.17, 15) is 8.42 Å². The molecule has 0 heterocycles. The van der Waals surface area contributed by atoms with Crippen LogP contribution in [0.15, 0.2) is 0 Å². The van der Waals surface area contributed by atoms with Crippen molar-refractivity contribution < 1.29 is 8.42 Å². The van der Waals surface area contributed by atoms with Gasteiger partial charge in [-0.2, -0.15) is 0 Å². The third kappa shape index (κ3) is 6.46. The van der Waals surface area contributed by atoms with Crippen molar-refractivity contribution in [2.45, 2.75) is 26.3 Å². The largest absolute Gasteiger partial charge is 0.388 e. The molecular weight excluding hydrogens is 214 g/mol. The maximum Gasteiger partial charge on any atom is 0.151 e. The summed E-state index contributed by atoms with van der Waals surface area (Å²) < 4.78 is 22.5. The molecule has 0 aromatic heterocycles. The van der Waals surface area contributed by atoms with E-state index in [2.05, 4.69) is 0 Å². The lowest BCUT2D eigenvalue weighted by atomic mass is 10.2. The van der Waals surface area contributed by atoms with Gasteiger partial charge in [-0.15, -0.1) is 0 Å². The zero-order valence-corrected chi connectivity index (χ0v) is 10.5. The van der Waals surface area contributed by atoms with E-state index in [4.69, 9.17) is 11.1 Å². The van der Waals surface area contributed by atoms with Crippen molar-refractivity contribution in [3.63, 3.8) is 0 Å². The summed E-state index contributed by atoms with van der Waals surface area (Å²) in [6.07, 6.45) is 0.475. The predicted octanol–water partition coefficient (Wildman–Crippen LogP) is 0.0675. The second-order valence-corrected chi connectivity index (χ2v) is 6.27. The van der Waals surface area contributed by atoms with Gasteiger partial charge in [-0.1, -0.05) is 6.92 Å². The molecule has 90 valence electrons. The molecule has 0 saturated heterocycles. The lowest BCUT2D eigenvalue weighted by Crippen LogP contribution is -2.36. The Hall–Kier alpha value is -0.620. The van der Waals surface area contributed by atoms with E-state index < -0.39 is 9.84 Å². The van der Waals surface area contributed by atoms with E-state index in [0.29, 0.717) is 13.0 Å². The molecule has 5 nitrogen and oxygen atoms in total. The molecule has 0 aliphatic carbocycles. The molecule has 0 amide bonds. The number of sulfone groups is 1. The molecule has 1 atom stereocenters. The molecular formula is C9H21N3O2S. The highest BCUT2D eigenvalue weighted by Gasteiger charge is 2.14. The molecule has 0 aromatic rings. The lowest BCUT2D eigenvalue weighted by molar-refractivity contribution is 0.277. The maximum absolute atomic E-state index is 11.3. The summed E-state index contributed by atoms with van der Waals surface area (Å²) in [6, 6.07) is 0.106. The van der Waals surface area contributed by atoms with E-state index in [1.807, 2.05) is 18.9 Å². The Morgan fingerprint density at radius 3 is 2.47 bits per heavy atom. The third-order valence-corrected chi connectivity index (χ3v) is 4.15. The standard InChI is InChI=1S/C9H21N3O2S/c1-4-15(13,14)6-5-12(3)8(2)7-9(10)11/h8H,4-7H2,1-3H3,(H3,10,11). The Bertz CT molecular complexity index is 300. The minimum Gasteiger partial charge on any atom is -0.388 e. The van der Waals surface area contributed by atoms with Gasteiger partial charge in [-0.25, -0.2) is 8.42 Å². The monoisotopic (exact) mass is 235 g/mol. The van der Waals surface area contributed by atoms with Crippen LogP contribution in [0.2, 0.25) is 0 Å². The summed E-state index contributed by atoms with van der Waals surface area (Å²) in [5.74, 6) is 0.483. The molecule has 15 heavy (non-hydrogen) atoms. The SMILES string of the molecule is CCS(=O)(=O)CCN(C)C(C)CC(=N)N. The molecule has 3 N–H and O–H groups in total. The Kier molecular flexibility index (Phi) is 5.82. The van der Waals surface area contributed by atoms with Crippen LogP contribution in [0.1, 0.15) is 20.3 Å². The minimum absolute atomic E-state index is 0.106. The number of nitrogens with zero attached hydrogens (tertiary/aromatic N) is 1. The summed E-state index contributed by atoms with van der Waals surface area (Å²) >= 11 is 0. The first kappa shape index (κ1) is 14.4. The van der Waals surface area contributed by atoms with Gasteiger partial charge in [0.1, 0.15) is 0 Å². The molecule has 0 aromatic carbocycles. The highest BCUT2D eigenvalue weighted by Crippen LogP contribution is 2.01. The Morgan fingerprint density at radius 1 is 1.53 bits per heavy atom. The molecule has 0 rings (SSSR count). The van der Waals surface area contributed by atoms with Crippen LogP contribution in [0.25, 0.3) is 0 Å². The van der Waals surface area contributed by atoms with E-state index in [-0.39, 0.29) is 23.4 Å². The summed E-state index contributed by atoms with van der Waals surface area (Å²) in [6.45, 7) is 4.07. The summed E-state index contributed by atoms with van der Waals surface area (Å²) in [5, 5.41) is 7.14. The summed E-state index contributed by atoms with van der Waals surface area (Å²) in [4.78, 5) is 1.91. The molecule has 1 unspecified atom stereocenters. The first-order chi connectivity index (χ1) is 6.78. The van der Waals surface area contributed by atoms with E-state index in [1.54, 1.807) is 6.92 Å². The van der Waals surface area contributed by atoms with Crippen LogP contribution in [0, 0.1) is 5.41 Å². The maximum atomic E-state index is 11.3. The number of hydrogen-bond acceptors (Lipinski definition) is 4. The van der Waals surface area contributed by atoms with Crippen LogP contribution in [0.4, 0.5) is 0 Å². The smallest absolute Gasteiger partial charge is 0.151 e. The zero-order valence-electron chi connectivity index (χ0n) is 9.66. The molecule has 6 heteroatoms. The van der Waals surface area contributed by atoms with Gasteiger partial charge in [-0.05, 0) is 14.0 Å². The van der Waals surface area contributed by atoms with Crippen molar-refractivity contribution in [3.05, 3.63) is 0 Å². The second kappa shape index (κ2) is 6.07. The number of nitrogens with one attached hydrogen (secondary N) is 1. The van der Waals surface area contributed by atoms with Gasteiger partial charge < -0.3 is 10.6 Å². The zero-order chi connectivity index (χ0) is 12.1. The quantitative estimate of drug-likeness (QED) is 0.483. The summed E-state index contributed by atoms with van der Waals surface area (Å²) in [7, 11) is -1.06. The fourth-order valence-corrected chi connectivity index (χ4v) is 1.98. The number of hydrogen-bond donors (Lipinski definition) is 2. The van der Waals surface area contributed by atoms with Gasteiger partial charge in [0.2, 0.25) is 0 Å². The summed E-state index contributed by atoms with van der Waals surface area (Å²) in [5.41, 5.74) is 5.28. The van der Waals surface area contributed by atoms with Gasteiger partial charge in [-0.3, -0.25) is 5.41 Å². The van der Waals surface area contributed by atoms with E-state index in [0.717, 1.165) is 0 Å². The lowest BCUT2D eigenvalue weighted by Gasteiger charge is -2.23. The Balaban J connectivity index is 4.03. The van der Waals surface area contributed by atoms with Crippen LogP contribution in [-0.2, 0) is 9.84 Å². The molecule has 0 radical (unpaired) electrons. The topological polar surface area (TPSA) is 87.2 Å². The Labute approximate surface area is 92.1 Å². The number of rotatable bonds is 7. The van der Waals surface area contributed by atoms with Crippen molar-refractivity contribution in [3.8, 4) is 0 Å². The van der Waals surface area contributed by atoms with Gasteiger partial charge in [0.05, 0.1) is 11.6 Å². The van der Waals surface area contributed by atoms with Crippen molar-refractivity contribution >= 4 is 15.7 Å². The van der Waals surface area contributed by atoms with Crippen molar-refractivity contribution in [2.24, 2.45) is 5.73 Å². The van der Waals surface area contributed by atoms with Crippen molar-refractivity contribution in [2.75, 3.05) is 25.1 Å². The highest BCUT2D eigenvalue weighted by atomic mass is 32.2. The molecule has 0 aliphatic heterocycles. The third-order valence-electron chi connectivity index (χ3n) is 2.46. The molecule has 0 aliphatic rings. The van der Waals surface area contributed by atoms with Gasteiger partial charge in [0, 0.05) is 24.8 Å². The molecule has 0 bridgehead atoms. The van der Waals surface area contributed by atoms with Crippen molar-refractivity contribution in [1.29, 1.82) is 5.41 Å². The molecule has 0 spiro atoms. The first-order valence-electron chi connectivity index (χ1n) is 5.02. The average molecular weight is 235 g/mol. The fourth-order valence-electron chi connectivity index (χ4n) is 1.12. The van der Waals surface area contributed by atoms with E-state index in [1.165, 1.54) is 0 Å². The fraction of sp³-hybridized carbons (Fsp3) is 0.889. The van der Waals surface area contributed by atoms with Gasteiger partial charge in [0.15, 0.2) is 9.84 Å². The molecule has 0 fully saturated rings. The van der Waals surface area contributed by atoms with E-state index >= 15 is 0 Å². The number of amidine groups is 1. The average Bonchev–Trinajstić information content (AvgIpc) is 2.13.